The molecule has 1 aromatic rings. The number of nitro benzene ring substituents is 1. The quantitative estimate of drug-likeness (QED) is 0.652. The molecule has 114 valence electrons. The van der Waals surface area contributed by atoms with Crippen molar-refractivity contribution in [2.45, 2.75) is 45.6 Å². The van der Waals surface area contributed by atoms with E-state index in [1.54, 1.807) is 6.07 Å². The molecule has 0 amide bonds. The van der Waals surface area contributed by atoms with E-state index >= 15 is 0 Å². The van der Waals surface area contributed by atoms with Crippen molar-refractivity contribution in [2.75, 3.05) is 5.32 Å². The van der Waals surface area contributed by atoms with Crippen molar-refractivity contribution >= 4 is 17.3 Å². The zero-order chi connectivity index (χ0) is 15.6. The van der Waals surface area contributed by atoms with Crippen LogP contribution in [0, 0.1) is 15.5 Å². The average molecular weight is 292 g/mol. The van der Waals surface area contributed by atoms with E-state index in [2.05, 4.69) is 19.2 Å². The number of aromatic carboxylic acids is 1. The highest BCUT2D eigenvalue weighted by Gasteiger charge is 2.32. The van der Waals surface area contributed by atoms with E-state index in [1.807, 2.05) is 0 Å². The summed E-state index contributed by atoms with van der Waals surface area (Å²) in [6, 6.07) is 4.44. The number of nitrogens with one attached hydrogen (secondary N) is 1. The minimum Gasteiger partial charge on any atom is -0.477 e. The first kappa shape index (κ1) is 15.3. The number of hydrogen-bond acceptors (Lipinski definition) is 4. The summed E-state index contributed by atoms with van der Waals surface area (Å²) >= 11 is 0. The summed E-state index contributed by atoms with van der Waals surface area (Å²) in [4.78, 5) is 21.4. The molecular formula is C15H20N2O4. The Balaban J connectivity index is 2.27. The third-order valence-electron chi connectivity index (χ3n) is 4.27. The average Bonchev–Trinajstić information content (AvgIpc) is 2.40. The Morgan fingerprint density at radius 1 is 1.43 bits per heavy atom. The molecule has 1 aliphatic rings. The molecular weight excluding hydrogens is 272 g/mol. The predicted molar refractivity (Wildman–Crippen MR) is 79.7 cm³/mol. The third-order valence-corrected chi connectivity index (χ3v) is 4.27. The number of anilines is 1. The van der Waals surface area contributed by atoms with Crippen LogP contribution in [0.5, 0.6) is 0 Å². The fourth-order valence-electron chi connectivity index (χ4n) is 2.92. The first-order valence-electron chi connectivity index (χ1n) is 7.09. The molecule has 1 aliphatic carbocycles. The molecule has 0 aliphatic heterocycles. The molecule has 1 saturated carbocycles. The van der Waals surface area contributed by atoms with Crippen molar-refractivity contribution in [2.24, 2.45) is 5.41 Å². The van der Waals surface area contributed by atoms with Gasteiger partial charge < -0.3 is 10.4 Å². The number of nitrogens with zero attached hydrogens (tertiary/aromatic N) is 1. The molecule has 21 heavy (non-hydrogen) atoms. The van der Waals surface area contributed by atoms with Gasteiger partial charge in [0, 0.05) is 17.8 Å². The van der Waals surface area contributed by atoms with Crippen LogP contribution in [0.2, 0.25) is 0 Å². The van der Waals surface area contributed by atoms with Gasteiger partial charge in [-0.05, 0) is 30.4 Å². The highest BCUT2D eigenvalue weighted by atomic mass is 16.6. The minimum atomic E-state index is -1.29. The second kappa shape index (κ2) is 5.71. The Bertz CT molecular complexity index is 569. The van der Waals surface area contributed by atoms with Crippen molar-refractivity contribution in [3.8, 4) is 0 Å². The second-order valence-corrected chi connectivity index (χ2v) is 6.23. The summed E-state index contributed by atoms with van der Waals surface area (Å²) in [5, 5.41) is 23.3. The van der Waals surface area contributed by atoms with Gasteiger partial charge in [0.1, 0.15) is 5.56 Å². The molecule has 1 atom stereocenters. The number of carboxylic acids is 1. The van der Waals surface area contributed by atoms with Crippen LogP contribution < -0.4 is 5.32 Å². The number of hydrogen-bond donors (Lipinski definition) is 2. The van der Waals surface area contributed by atoms with Crippen LogP contribution >= 0.6 is 0 Å². The molecule has 0 heterocycles. The second-order valence-electron chi connectivity index (χ2n) is 6.23. The smallest absolute Gasteiger partial charge is 0.342 e. The summed E-state index contributed by atoms with van der Waals surface area (Å²) in [6.45, 7) is 4.37. The van der Waals surface area contributed by atoms with Crippen LogP contribution in [0.3, 0.4) is 0 Å². The van der Waals surface area contributed by atoms with Crippen LogP contribution in [-0.4, -0.2) is 22.0 Å². The Hall–Kier alpha value is -2.11. The summed E-state index contributed by atoms with van der Waals surface area (Å²) in [7, 11) is 0. The third kappa shape index (κ3) is 3.32. The first-order valence-corrected chi connectivity index (χ1v) is 7.09. The monoisotopic (exact) mass is 292 g/mol. The van der Waals surface area contributed by atoms with E-state index in [-0.39, 0.29) is 22.7 Å². The zero-order valence-corrected chi connectivity index (χ0v) is 12.3. The SMILES string of the molecule is CC1(C)CCCCC1Nc1ccc(C(=O)O)c([N+](=O)[O-])c1. The lowest BCUT2D eigenvalue weighted by Crippen LogP contribution is -2.38. The van der Waals surface area contributed by atoms with Gasteiger partial charge in [-0.25, -0.2) is 4.79 Å². The van der Waals surface area contributed by atoms with Gasteiger partial charge in [-0.3, -0.25) is 10.1 Å². The molecule has 1 unspecified atom stereocenters. The number of benzene rings is 1. The Kier molecular flexibility index (Phi) is 4.16. The summed E-state index contributed by atoms with van der Waals surface area (Å²) in [5.74, 6) is -1.29. The van der Waals surface area contributed by atoms with E-state index in [9.17, 15) is 14.9 Å². The van der Waals surface area contributed by atoms with Crippen LogP contribution in [0.4, 0.5) is 11.4 Å². The molecule has 0 aromatic heterocycles. The fraction of sp³-hybridized carbons (Fsp3) is 0.533. The number of carbonyl (C=O) groups is 1. The van der Waals surface area contributed by atoms with Gasteiger partial charge in [0.05, 0.1) is 4.92 Å². The Morgan fingerprint density at radius 2 is 2.14 bits per heavy atom. The zero-order valence-electron chi connectivity index (χ0n) is 12.3. The number of rotatable bonds is 4. The van der Waals surface area contributed by atoms with E-state index in [4.69, 9.17) is 5.11 Å². The molecule has 0 saturated heterocycles. The molecule has 0 spiro atoms. The molecule has 2 rings (SSSR count). The van der Waals surface area contributed by atoms with Crippen LogP contribution in [0.15, 0.2) is 18.2 Å². The number of nitro groups is 1. The molecule has 1 fully saturated rings. The lowest BCUT2D eigenvalue weighted by atomic mass is 9.73. The van der Waals surface area contributed by atoms with Crippen molar-refractivity contribution in [3.05, 3.63) is 33.9 Å². The summed E-state index contributed by atoms with van der Waals surface area (Å²) in [5.41, 5.74) is 0.0691. The summed E-state index contributed by atoms with van der Waals surface area (Å²) in [6.07, 6.45) is 4.46. The van der Waals surface area contributed by atoms with Gasteiger partial charge in [0.25, 0.3) is 5.69 Å². The lowest BCUT2D eigenvalue weighted by molar-refractivity contribution is -0.385. The Morgan fingerprint density at radius 3 is 2.71 bits per heavy atom. The predicted octanol–water partition coefficient (Wildman–Crippen LogP) is 3.67. The molecule has 0 radical (unpaired) electrons. The van der Waals surface area contributed by atoms with E-state index in [0.717, 1.165) is 19.3 Å². The molecule has 0 bridgehead atoms. The largest absolute Gasteiger partial charge is 0.477 e. The molecule has 6 heteroatoms. The van der Waals surface area contributed by atoms with Gasteiger partial charge in [0.15, 0.2) is 0 Å². The minimum absolute atomic E-state index is 0.124. The van der Waals surface area contributed by atoms with Crippen molar-refractivity contribution in [3.63, 3.8) is 0 Å². The maximum absolute atomic E-state index is 11.0. The van der Waals surface area contributed by atoms with Crippen LogP contribution in [0.1, 0.15) is 49.9 Å². The van der Waals surface area contributed by atoms with Gasteiger partial charge in [-0.2, -0.15) is 0 Å². The topological polar surface area (TPSA) is 92.5 Å². The number of carboxylic acid groups (broad SMARTS) is 1. The van der Waals surface area contributed by atoms with Crippen LogP contribution in [-0.2, 0) is 0 Å². The molecule has 6 nitrogen and oxygen atoms in total. The maximum atomic E-state index is 11.0. The standard InChI is InChI=1S/C15H20N2O4/c1-15(2)8-4-3-5-13(15)16-10-6-7-11(14(18)19)12(9-10)17(20)21/h6-7,9,13,16H,3-5,8H2,1-2H3,(H,18,19). The van der Waals surface area contributed by atoms with Gasteiger partial charge in [0.2, 0.25) is 0 Å². The molecule has 1 aromatic carbocycles. The van der Waals surface area contributed by atoms with Crippen molar-refractivity contribution in [1.82, 2.24) is 0 Å². The fourth-order valence-corrected chi connectivity index (χ4v) is 2.92. The van der Waals surface area contributed by atoms with E-state index in [1.165, 1.54) is 18.6 Å². The highest BCUT2D eigenvalue weighted by Crippen LogP contribution is 2.37. The van der Waals surface area contributed by atoms with E-state index < -0.39 is 10.9 Å². The van der Waals surface area contributed by atoms with Crippen LogP contribution in [0.25, 0.3) is 0 Å². The molecule has 2 N–H and O–H groups in total. The van der Waals surface area contributed by atoms with Gasteiger partial charge >= 0.3 is 5.97 Å². The maximum Gasteiger partial charge on any atom is 0.342 e. The summed E-state index contributed by atoms with van der Waals surface area (Å²) < 4.78 is 0. The highest BCUT2D eigenvalue weighted by molar-refractivity contribution is 5.93. The van der Waals surface area contributed by atoms with Gasteiger partial charge in [-0.15, -0.1) is 0 Å². The van der Waals surface area contributed by atoms with Gasteiger partial charge in [-0.1, -0.05) is 26.7 Å². The van der Waals surface area contributed by atoms with E-state index in [0.29, 0.717) is 5.69 Å². The van der Waals surface area contributed by atoms with Crippen molar-refractivity contribution in [1.29, 1.82) is 0 Å². The first-order chi connectivity index (χ1) is 9.81. The normalized spacial score (nSPS) is 20.8. The lowest BCUT2D eigenvalue weighted by Gasteiger charge is -2.39. The van der Waals surface area contributed by atoms with Crippen molar-refractivity contribution < 1.29 is 14.8 Å². The Labute approximate surface area is 123 Å².